The van der Waals surface area contributed by atoms with Crippen LogP contribution in [0, 0.1) is 0 Å². The van der Waals surface area contributed by atoms with Crippen molar-refractivity contribution in [1.29, 1.82) is 0 Å². The van der Waals surface area contributed by atoms with Crippen LogP contribution in [0.3, 0.4) is 0 Å². The predicted molar refractivity (Wildman–Crippen MR) is 72.7 cm³/mol. The van der Waals surface area contributed by atoms with Crippen molar-refractivity contribution in [3.8, 4) is 0 Å². The van der Waals surface area contributed by atoms with Gasteiger partial charge < -0.3 is 5.11 Å². The molecule has 1 aliphatic heterocycles. The maximum absolute atomic E-state index is 9.52. The molecule has 1 N–H and O–H groups in total. The van der Waals surface area contributed by atoms with Crippen LogP contribution in [0.25, 0.3) is 5.78 Å². The molecule has 0 saturated carbocycles. The first-order valence-electron chi connectivity index (χ1n) is 7.00. The number of hydrogen-bond donors (Lipinski definition) is 1. The van der Waals surface area contributed by atoms with E-state index in [1.807, 2.05) is 22.9 Å². The highest BCUT2D eigenvalue weighted by Gasteiger charge is 2.21. The van der Waals surface area contributed by atoms with Gasteiger partial charge in [-0.3, -0.25) is 9.30 Å². The van der Waals surface area contributed by atoms with E-state index < -0.39 is 0 Å². The third-order valence-electron chi connectivity index (χ3n) is 3.86. The summed E-state index contributed by atoms with van der Waals surface area (Å²) in [5.74, 6) is 0.743. The summed E-state index contributed by atoms with van der Waals surface area (Å²) in [6.45, 7) is 2.09. The van der Waals surface area contributed by atoms with E-state index in [-0.39, 0.29) is 12.6 Å². The topological polar surface area (TPSA) is 53.7 Å². The minimum absolute atomic E-state index is 0.242. The summed E-state index contributed by atoms with van der Waals surface area (Å²) in [5.41, 5.74) is 1.03. The van der Waals surface area contributed by atoms with Crippen molar-refractivity contribution in [3.63, 3.8) is 0 Å². The second kappa shape index (κ2) is 5.67. The number of aromatic nitrogens is 3. The molecule has 3 heterocycles. The number of aliphatic hydroxyl groups is 1. The summed E-state index contributed by atoms with van der Waals surface area (Å²) in [6, 6.07) is 2.18. The molecule has 0 aromatic carbocycles. The van der Waals surface area contributed by atoms with E-state index in [2.05, 4.69) is 14.9 Å². The lowest BCUT2D eigenvalue weighted by Crippen LogP contribution is -2.37. The zero-order chi connectivity index (χ0) is 13.1. The molecule has 0 amide bonds. The maximum Gasteiger partial charge on any atom is 0.233 e. The van der Waals surface area contributed by atoms with Gasteiger partial charge in [0.2, 0.25) is 5.78 Å². The monoisotopic (exact) mass is 260 g/mol. The normalized spacial score (nSPS) is 21.6. The molecule has 5 heteroatoms. The van der Waals surface area contributed by atoms with Crippen LogP contribution in [-0.4, -0.2) is 43.6 Å². The van der Waals surface area contributed by atoms with Gasteiger partial charge in [0.05, 0.1) is 12.3 Å². The first kappa shape index (κ1) is 12.6. The van der Waals surface area contributed by atoms with Crippen LogP contribution >= 0.6 is 0 Å². The summed E-state index contributed by atoms with van der Waals surface area (Å²) >= 11 is 0. The number of fused-ring (bicyclic) bond motifs is 1. The zero-order valence-corrected chi connectivity index (χ0v) is 11.1. The summed E-state index contributed by atoms with van der Waals surface area (Å²) < 4.78 is 1.95. The fourth-order valence-corrected chi connectivity index (χ4v) is 2.82. The van der Waals surface area contributed by atoms with Gasteiger partial charge in [0.25, 0.3) is 0 Å². The number of imidazole rings is 1. The summed E-state index contributed by atoms with van der Waals surface area (Å²) in [5, 5.41) is 9.52. The van der Waals surface area contributed by atoms with Crippen molar-refractivity contribution in [2.75, 3.05) is 13.2 Å². The summed E-state index contributed by atoms with van der Waals surface area (Å²) in [4.78, 5) is 11.1. The molecule has 0 bridgehead atoms. The molecule has 5 nitrogen and oxygen atoms in total. The molecular weight excluding hydrogens is 240 g/mol. The fraction of sp³-hybridized carbons (Fsp3) is 0.571. The SMILES string of the molecule is OCC1CCCCCN1Cc1cn2cccnc2n1. The van der Waals surface area contributed by atoms with E-state index in [1.165, 1.54) is 19.3 Å². The van der Waals surface area contributed by atoms with Gasteiger partial charge >= 0.3 is 0 Å². The second-order valence-electron chi connectivity index (χ2n) is 5.22. The van der Waals surface area contributed by atoms with Gasteiger partial charge in [-0.2, -0.15) is 0 Å². The molecule has 1 fully saturated rings. The van der Waals surface area contributed by atoms with Crippen molar-refractivity contribution in [1.82, 2.24) is 19.3 Å². The molecule has 1 unspecified atom stereocenters. The Morgan fingerprint density at radius 1 is 1.32 bits per heavy atom. The molecule has 2 aromatic heterocycles. The smallest absolute Gasteiger partial charge is 0.233 e. The molecule has 0 aliphatic carbocycles. The highest BCUT2D eigenvalue weighted by molar-refractivity contribution is 5.29. The molecule has 2 aromatic rings. The minimum Gasteiger partial charge on any atom is -0.395 e. The predicted octanol–water partition coefficient (Wildman–Crippen LogP) is 1.47. The Hall–Kier alpha value is -1.46. The van der Waals surface area contributed by atoms with Gasteiger partial charge in [-0.1, -0.05) is 12.8 Å². The Bertz CT molecular complexity index is 506. The van der Waals surface area contributed by atoms with E-state index in [1.54, 1.807) is 6.20 Å². The van der Waals surface area contributed by atoms with E-state index >= 15 is 0 Å². The maximum atomic E-state index is 9.52. The molecule has 0 radical (unpaired) electrons. The van der Waals surface area contributed by atoms with Gasteiger partial charge in [0.1, 0.15) is 0 Å². The van der Waals surface area contributed by atoms with Gasteiger partial charge in [-0.05, 0) is 25.5 Å². The first-order valence-corrected chi connectivity index (χ1v) is 7.00. The standard InChI is InChI=1S/C14H20N4O/c19-11-13-5-2-1-3-7-17(13)9-12-10-18-8-4-6-15-14(18)16-12/h4,6,8,10,13,19H,1-3,5,7,9,11H2. The van der Waals surface area contributed by atoms with Gasteiger partial charge in [0, 0.05) is 31.2 Å². The first-order chi connectivity index (χ1) is 9.36. The van der Waals surface area contributed by atoms with Crippen LogP contribution in [0.15, 0.2) is 24.7 Å². The number of likely N-dealkylation sites (tertiary alicyclic amines) is 1. The lowest BCUT2D eigenvalue weighted by atomic mass is 10.1. The quantitative estimate of drug-likeness (QED) is 0.908. The van der Waals surface area contributed by atoms with E-state index in [0.29, 0.717) is 0 Å². The van der Waals surface area contributed by atoms with Crippen molar-refractivity contribution in [3.05, 3.63) is 30.4 Å². The van der Waals surface area contributed by atoms with Crippen molar-refractivity contribution < 1.29 is 5.11 Å². The largest absolute Gasteiger partial charge is 0.395 e. The highest BCUT2D eigenvalue weighted by Crippen LogP contribution is 2.18. The third-order valence-corrected chi connectivity index (χ3v) is 3.86. The zero-order valence-electron chi connectivity index (χ0n) is 11.1. The van der Waals surface area contributed by atoms with E-state index in [0.717, 1.165) is 31.0 Å². The second-order valence-corrected chi connectivity index (χ2v) is 5.22. The van der Waals surface area contributed by atoms with Crippen LogP contribution in [-0.2, 0) is 6.54 Å². The molecule has 19 heavy (non-hydrogen) atoms. The Balaban J connectivity index is 1.78. The van der Waals surface area contributed by atoms with Crippen molar-refractivity contribution >= 4 is 5.78 Å². The molecule has 1 saturated heterocycles. The third kappa shape index (κ3) is 2.77. The molecule has 3 rings (SSSR count). The Labute approximate surface area is 112 Å². The average molecular weight is 260 g/mol. The average Bonchev–Trinajstić information content (AvgIpc) is 2.70. The van der Waals surface area contributed by atoms with Crippen molar-refractivity contribution in [2.45, 2.75) is 38.3 Å². The lowest BCUT2D eigenvalue weighted by molar-refractivity contribution is 0.117. The number of rotatable bonds is 3. The number of aliphatic hydroxyl groups excluding tert-OH is 1. The molecule has 1 aliphatic rings. The number of nitrogens with zero attached hydrogens (tertiary/aromatic N) is 4. The van der Waals surface area contributed by atoms with Crippen LogP contribution in [0.2, 0.25) is 0 Å². The Morgan fingerprint density at radius 2 is 2.26 bits per heavy atom. The highest BCUT2D eigenvalue weighted by atomic mass is 16.3. The molecule has 1 atom stereocenters. The van der Waals surface area contributed by atoms with E-state index in [4.69, 9.17) is 0 Å². The van der Waals surface area contributed by atoms with Crippen LogP contribution < -0.4 is 0 Å². The van der Waals surface area contributed by atoms with Gasteiger partial charge in [-0.15, -0.1) is 0 Å². The summed E-state index contributed by atoms with van der Waals surface area (Å²) in [7, 11) is 0. The van der Waals surface area contributed by atoms with Gasteiger partial charge in [0.15, 0.2) is 0 Å². The van der Waals surface area contributed by atoms with Crippen LogP contribution in [0.1, 0.15) is 31.4 Å². The molecule has 102 valence electrons. The summed E-state index contributed by atoms with van der Waals surface area (Å²) in [6.07, 6.45) is 10.5. The Morgan fingerprint density at radius 3 is 3.11 bits per heavy atom. The van der Waals surface area contributed by atoms with E-state index in [9.17, 15) is 5.11 Å². The molecular formula is C14H20N4O. The Kier molecular flexibility index (Phi) is 3.75. The molecule has 0 spiro atoms. The van der Waals surface area contributed by atoms with Gasteiger partial charge in [-0.25, -0.2) is 9.97 Å². The van der Waals surface area contributed by atoms with Crippen LogP contribution in [0.4, 0.5) is 0 Å². The number of hydrogen-bond acceptors (Lipinski definition) is 4. The minimum atomic E-state index is 0.242. The van der Waals surface area contributed by atoms with Crippen LogP contribution in [0.5, 0.6) is 0 Å². The fourth-order valence-electron chi connectivity index (χ4n) is 2.82. The lowest BCUT2D eigenvalue weighted by Gasteiger charge is -2.27. The van der Waals surface area contributed by atoms with Crippen molar-refractivity contribution in [2.24, 2.45) is 0 Å².